The minimum atomic E-state index is -0.651. The highest BCUT2D eigenvalue weighted by Gasteiger charge is 2.27. The Labute approximate surface area is 192 Å². The lowest BCUT2D eigenvalue weighted by Crippen LogP contribution is -2.49. The summed E-state index contributed by atoms with van der Waals surface area (Å²) in [5.74, 6) is 0.807. The lowest BCUT2D eigenvalue weighted by Gasteiger charge is -2.23. The van der Waals surface area contributed by atoms with Gasteiger partial charge in [-0.25, -0.2) is 0 Å². The molecule has 0 bridgehead atoms. The highest BCUT2D eigenvalue weighted by Crippen LogP contribution is 2.24. The van der Waals surface area contributed by atoms with E-state index in [2.05, 4.69) is 32.8 Å². The van der Waals surface area contributed by atoms with E-state index in [1.807, 2.05) is 58.9 Å². The molecule has 0 unspecified atom stereocenters. The average Bonchev–Trinajstić information content (AvgIpc) is 2.71. The molecule has 0 aliphatic carbocycles. The highest BCUT2D eigenvalue weighted by molar-refractivity contribution is 9.10. The zero-order valence-corrected chi connectivity index (χ0v) is 20.4. The van der Waals surface area contributed by atoms with E-state index in [-0.39, 0.29) is 12.5 Å². The first kappa shape index (κ1) is 24.7. The predicted octanol–water partition coefficient (Wildman–Crippen LogP) is 4.79. The molecule has 0 radical (unpaired) electrons. The molecule has 0 aliphatic rings. The van der Waals surface area contributed by atoms with E-state index < -0.39 is 11.3 Å². The van der Waals surface area contributed by atoms with Crippen LogP contribution in [0.15, 0.2) is 40.9 Å². The van der Waals surface area contributed by atoms with Gasteiger partial charge in [-0.1, -0.05) is 41.9 Å². The summed E-state index contributed by atoms with van der Waals surface area (Å²) in [6, 6.07) is 11.6. The molecule has 0 aliphatic heterocycles. The SMILES string of the molecule is Cc1ccc(C)c(OCCCC(C)(C)C(=O)NNC(=O)COc2ccc(Br)cc2C)c1. The Balaban J connectivity index is 1.71. The van der Waals surface area contributed by atoms with Gasteiger partial charge in [0, 0.05) is 9.89 Å². The van der Waals surface area contributed by atoms with Crippen molar-refractivity contribution in [1.29, 1.82) is 0 Å². The molecule has 2 rings (SSSR count). The third-order valence-electron chi connectivity index (χ3n) is 4.97. The Morgan fingerprint density at radius 2 is 1.68 bits per heavy atom. The van der Waals surface area contributed by atoms with Crippen LogP contribution in [-0.4, -0.2) is 25.0 Å². The molecule has 0 atom stereocenters. The summed E-state index contributed by atoms with van der Waals surface area (Å²) in [5, 5.41) is 0. The van der Waals surface area contributed by atoms with E-state index in [0.29, 0.717) is 25.2 Å². The zero-order valence-electron chi connectivity index (χ0n) is 18.8. The van der Waals surface area contributed by atoms with E-state index >= 15 is 0 Å². The van der Waals surface area contributed by atoms with Gasteiger partial charge in [0.1, 0.15) is 11.5 Å². The van der Waals surface area contributed by atoms with Crippen LogP contribution < -0.4 is 20.3 Å². The minimum absolute atomic E-state index is 0.188. The summed E-state index contributed by atoms with van der Waals surface area (Å²) in [6.45, 7) is 9.95. The van der Waals surface area contributed by atoms with E-state index in [0.717, 1.165) is 26.9 Å². The zero-order chi connectivity index (χ0) is 23.0. The van der Waals surface area contributed by atoms with Crippen molar-refractivity contribution in [3.63, 3.8) is 0 Å². The van der Waals surface area contributed by atoms with Crippen molar-refractivity contribution < 1.29 is 19.1 Å². The van der Waals surface area contributed by atoms with Crippen LogP contribution in [-0.2, 0) is 9.59 Å². The van der Waals surface area contributed by atoms with Crippen molar-refractivity contribution in [2.45, 2.75) is 47.5 Å². The fourth-order valence-corrected chi connectivity index (χ4v) is 3.40. The van der Waals surface area contributed by atoms with Crippen molar-refractivity contribution in [1.82, 2.24) is 10.9 Å². The van der Waals surface area contributed by atoms with Gasteiger partial charge in [0.05, 0.1) is 6.61 Å². The number of rotatable bonds is 9. The number of benzene rings is 2. The molecule has 0 heterocycles. The monoisotopic (exact) mass is 490 g/mol. The van der Waals surface area contributed by atoms with Crippen LogP contribution in [0.5, 0.6) is 11.5 Å². The van der Waals surface area contributed by atoms with Crippen LogP contribution >= 0.6 is 15.9 Å². The molecule has 0 fully saturated rings. The fraction of sp³-hybridized carbons (Fsp3) is 0.417. The molecular weight excluding hydrogens is 460 g/mol. The number of ether oxygens (including phenoxy) is 2. The molecule has 2 aromatic carbocycles. The first-order valence-electron chi connectivity index (χ1n) is 10.3. The Kier molecular flexibility index (Phi) is 8.92. The number of aryl methyl sites for hydroxylation is 3. The third-order valence-corrected chi connectivity index (χ3v) is 5.47. The molecule has 0 saturated carbocycles. The fourth-order valence-electron chi connectivity index (χ4n) is 2.92. The van der Waals surface area contributed by atoms with Crippen LogP contribution in [0.2, 0.25) is 0 Å². The van der Waals surface area contributed by atoms with Gasteiger partial charge >= 0.3 is 0 Å². The molecule has 168 valence electrons. The standard InChI is InChI=1S/C24H31BrN2O4/c1-16-7-8-17(2)21(13-16)30-12-6-11-24(4,5)23(29)27-26-22(28)15-31-20-10-9-19(25)14-18(20)3/h7-10,13-14H,6,11-12,15H2,1-5H3,(H,26,28)(H,27,29). The molecule has 0 spiro atoms. The molecule has 0 aromatic heterocycles. The highest BCUT2D eigenvalue weighted by atomic mass is 79.9. The van der Waals surface area contributed by atoms with Crippen LogP contribution in [0.25, 0.3) is 0 Å². The van der Waals surface area contributed by atoms with Crippen molar-refractivity contribution in [2.75, 3.05) is 13.2 Å². The van der Waals surface area contributed by atoms with Gasteiger partial charge in [0.25, 0.3) is 5.91 Å². The maximum absolute atomic E-state index is 12.5. The maximum atomic E-state index is 12.5. The van der Waals surface area contributed by atoms with Crippen LogP contribution in [0, 0.1) is 26.2 Å². The predicted molar refractivity (Wildman–Crippen MR) is 125 cm³/mol. The second kappa shape index (κ2) is 11.2. The topological polar surface area (TPSA) is 76.7 Å². The normalized spacial score (nSPS) is 11.0. The minimum Gasteiger partial charge on any atom is -0.493 e. The van der Waals surface area contributed by atoms with E-state index in [9.17, 15) is 9.59 Å². The second-order valence-electron chi connectivity index (χ2n) is 8.31. The number of hydrazine groups is 1. The van der Waals surface area contributed by atoms with Gasteiger partial charge in [0.2, 0.25) is 5.91 Å². The smallest absolute Gasteiger partial charge is 0.276 e. The van der Waals surface area contributed by atoms with Crippen molar-refractivity contribution in [3.05, 3.63) is 57.6 Å². The van der Waals surface area contributed by atoms with E-state index in [1.165, 1.54) is 0 Å². The van der Waals surface area contributed by atoms with Gasteiger partial charge in [-0.2, -0.15) is 0 Å². The number of carbonyl (C=O) groups is 2. The lowest BCUT2D eigenvalue weighted by molar-refractivity contribution is -0.135. The summed E-state index contributed by atoms with van der Waals surface area (Å²) >= 11 is 3.39. The number of hydrogen-bond donors (Lipinski definition) is 2. The molecule has 2 amide bonds. The number of amides is 2. The van der Waals surface area contributed by atoms with E-state index in [4.69, 9.17) is 9.47 Å². The molecule has 6 nitrogen and oxygen atoms in total. The van der Waals surface area contributed by atoms with Gasteiger partial charge in [-0.3, -0.25) is 20.4 Å². The molecule has 31 heavy (non-hydrogen) atoms. The summed E-state index contributed by atoms with van der Waals surface area (Å²) < 4.78 is 12.3. The maximum Gasteiger partial charge on any atom is 0.276 e. The quantitative estimate of drug-likeness (QED) is 0.391. The van der Waals surface area contributed by atoms with Crippen LogP contribution in [0.1, 0.15) is 43.4 Å². The molecule has 2 aromatic rings. The first-order chi connectivity index (χ1) is 14.6. The Bertz CT molecular complexity index is 928. The van der Waals surface area contributed by atoms with Gasteiger partial charge in [-0.05, 0) is 74.6 Å². The van der Waals surface area contributed by atoms with Gasteiger partial charge in [0.15, 0.2) is 6.61 Å². The Morgan fingerprint density at radius 1 is 0.935 bits per heavy atom. The third kappa shape index (κ3) is 7.90. The molecular formula is C24H31BrN2O4. The summed E-state index contributed by atoms with van der Waals surface area (Å²) in [5.41, 5.74) is 7.40. The van der Waals surface area contributed by atoms with Crippen molar-refractivity contribution >= 4 is 27.7 Å². The Hall–Kier alpha value is -2.54. The van der Waals surface area contributed by atoms with E-state index in [1.54, 1.807) is 6.07 Å². The van der Waals surface area contributed by atoms with Gasteiger partial charge < -0.3 is 9.47 Å². The molecule has 0 saturated heterocycles. The second-order valence-corrected chi connectivity index (χ2v) is 9.22. The average molecular weight is 491 g/mol. The Morgan fingerprint density at radius 3 is 2.39 bits per heavy atom. The van der Waals surface area contributed by atoms with Crippen molar-refractivity contribution in [3.8, 4) is 11.5 Å². The molecule has 2 N–H and O–H groups in total. The van der Waals surface area contributed by atoms with Crippen LogP contribution in [0.4, 0.5) is 0 Å². The molecule has 7 heteroatoms. The summed E-state index contributed by atoms with van der Waals surface area (Å²) in [7, 11) is 0. The largest absolute Gasteiger partial charge is 0.493 e. The first-order valence-corrected chi connectivity index (χ1v) is 11.1. The number of halogens is 1. The lowest BCUT2D eigenvalue weighted by atomic mass is 9.87. The number of nitrogens with one attached hydrogen (secondary N) is 2. The van der Waals surface area contributed by atoms with Gasteiger partial charge in [-0.15, -0.1) is 0 Å². The summed E-state index contributed by atoms with van der Waals surface area (Å²) in [4.78, 5) is 24.5. The van der Waals surface area contributed by atoms with Crippen LogP contribution in [0.3, 0.4) is 0 Å². The number of carbonyl (C=O) groups excluding carboxylic acids is 2. The van der Waals surface area contributed by atoms with Crippen molar-refractivity contribution in [2.24, 2.45) is 5.41 Å². The summed E-state index contributed by atoms with van der Waals surface area (Å²) in [6.07, 6.45) is 1.34. The number of hydrogen-bond acceptors (Lipinski definition) is 4.